The summed E-state index contributed by atoms with van der Waals surface area (Å²) in [4.78, 5) is 0. The van der Waals surface area contributed by atoms with E-state index in [4.69, 9.17) is 4.74 Å². The highest BCUT2D eigenvalue weighted by Gasteiger charge is 2.13. The van der Waals surface area contributed by atoms with Crippen LogP contribution in [0.5, 0.6) is 5.75 Å². The van der Waals surface area contributed by atoms with Crippen LogP contribution in [-0.2, 0) is 0 Å². The third-order valence-corrected chi connectivity index (χ3v) is 5.11. The molecule has 0 aliphatic heterocycles. The second-order valence-corrected chi connectivity index (χ2v) is 7.13. The minimum Gasteiger partial charge on any atom is -0.497 e. The number of aromatic nitrogens is 2. The summed E-state index contributed by atoms with van der Waals surface area (Å²) in [6.45, 7) is 5.17. The first-order chi connectivity index (χ1) is 10.2. The fourth-order valence-corrected chi connectivity index (χ4v) is 3.85. The van der Waals surface area contributed by atoms with Crippen LogP contribution in [0, 0.1) is 6.92 Å². The van der Waals surface area contributed by atoms with Crippen LogP contribution in [0.15, 0.2) is 28.6 Å². The van der Waals surface area contributed by atoms with Crippen molar-refractivity contribution in [2.24, 2.45) is 0 Å². The van der Waals surface area contributed by atoms with E-state index in [0.717, 1.165) is 33.8 Å². The van der Waals surface area contributed by atoms with Crippen LogP contribution in [0.1, 0.15) is 30.0 Å². The molecule has 1 aromatic heterocycles. The zero-order valence-electron chi connectivity index (χ0n) is 12.6. The monoisotopic (exact) mass is 323 g/mol. The molecule has 4 nitrogen and oxygen atoms in total. The number of aryl methyl sites for hydroxylation is 1. The number of nitrogens with one attached hydrogen (secondary N) is 1. The van der Waals surface area contributed by atoms with Crippen molar-refractivity contribution in [2.75, 3.05) is 19.4 Å². The van der Waals surface area contributed by atoms with E-state index in [-0.39, 0.29) is 0 Å². The summed E-state index contributed by atoms with van der Waals surface area (Å²) in [7, 11) is 1.69. The van der Waals surface area contributed by atoms with Gasteiger partial charge in [0, 0.05) is 11.8 Å². The molecular weight excluding hydrogens is 302 g/mol. The predicted molar refractivity (Wildman–Crippen MR) is 89.4 cm³/mol. The van der Waals surface area contributed by atoms with Gasteiger partial charge in [-0.3, -0.25) is 0 Å². The molecular formula is C15H21N3OS2. The highest BCUT2D eigenvalue weighted by atomic mass is 32.2. The SMILES string of the molecule is CCCNC(CSc1nnc(C)s1)c1ccc(OC)cc1. The summed E-state index contributed by atoms with van der Waals surface area (Å²) in [5, 5.41) is 12.8. The van der Waals surface area contributed by atoms with Crippen molar-refractivity contribution in [1.29, 1.82) is 0 Å². The van der Waals surface area contributed by atoms with Gasteiger partial charge in [0.05, 0.1) is 7.11 Å². The standard InChI is InChI=1S/C15H21N3OS2/c1-4-9-16-14(10-20-15-18-17-11(2)21-15)12-5-7-13(19-3)8-6-12/h5-8,14,16H,4,9-10H2,1-3H3. The summed E-state index contributed by atoms with van der Waals surface area (Å²) < 4.78 is 6.25. The molecule has 1 atom stereocenters. The molecule has 1 N–H and O–H groups in total. The average molecular weight is 323 g/mol. The van der Waals surface area contributed by atoms with Crippen molar-refractivity contribution < 1.29 is 4.74 Å². The molecule has 6 heteroatoms. The van der Waals surface area contributed by atoms with Gasteiger partial charge in [-0.25, -0.2) is 0 Å². The van der Waals surface area contributed by atoms with E-state index in [1.165, 1.54) is 5.56 Å². The average Bonchev–Trinajstić information content (AvgIpc) is 2.93. The normalized spacial score (nSPS) is 12.3. The molecule has 0 aliphatic rings. The van der Waals surface area contributed by atoms with E-state index in [0.29, 0.717) is 6.04 Å². The summed E-state index contributed by atoms with van der Waals surface area (Å²) in [6.07, 6.45) is 1.12. The first kappa shape index (κ1) is 16.3. The van der Waals surface area contributed by atoms with Crippen LogP contribution in [0.2, 0.25) is 0 Å². The molecule has 2 aromatic rings. The smallest absolute Gasteiger partial charge is 0.174 e. The Bertz CT molecular complexity index is 542. The Hall–Kier alpha value is -1.11. The van der Waals surface area contributed by atoms with Gasteiger partial charge in [0.1, 0.15) is 10.8 Å². The Labute approximate surface area is 134 Å². The van der Waals surface area contributed by atoms with Crippen molar-refractivity contribution in [3.05, 3.63) is 34.8 Å². The molecule has 1 unspecified atom stereocenters. The van der Waals surface area contributed by atoms with Crippen molar-refractivity contribution in [2.45, 2.75) is 30.6 Å². The summed E-state index contributed by atoms with van der Waals surface area (Å²) >= 11 is 3.40. The fourth-order valence-electron chi connectivity index (χ4n) is 1.92. The van der Waals surface area contributed by atoms with Gasteiger partial charge >= 0.3 is 0 Å². The van der Waals surface area contributed by atoms with Crippen LogP contribution in [0.3, 0.4) is 0 Å². The van der Waals surface area contributed by atoms with E-state index in [2.05, 4.69) is 34.6 Å². The van der Waals surface area contributed by atoms with Crippen LogP contribution in [0.25, 0.3) is 0 Å². The molecule has 0 spiro atoms. The van der Waals surface area contributed by atoms with Crippen LogP contribution >= 0.6 is 23.1 Å². The van der Waals surface area contributed by atoms with Crippen molar-refractivity contribution in [3.8, 4) is 5.75 Å². The maximum absolute atomic E-state index is 5.22. The summed E-state index contributed by atoms with van der Waals surface area (Å²) in [5.74, 6) is 1.83. The lowest BCUT2D eigenvalue weighted by atomic mass is 10.1. The molecule has 0 fully saturated rings. The molecule has 0 saturated carbocycles. The Balaban J connectivity index is 2.01. The van der Waals surface area contributed by atoms with Crippen LogP contribution < -0.4 is 10.1 Å². The van der Waals surface area contributed by atoms with Gasteiger partial charge in [0.15, 0.2) is 4.34 Å². The Kier molecular flexibility index (Phi) is 6.48. The Morgan fingerprint density at radius 3 is 2.62 bits per heavy atom. The number of ether oxygens (including phenoxy) is 1. The fraction of sp³-hybridized carbons (Fsp3) is 0.467. The van der Waals surface area contributed by atoms with Gasteiger partial charge in [-0.1, -0.05) is 42.2 Å². The van der Waals surface area contributed by atoms with E-state index >= 15 is 0 Å². The molecule has 114 valence electrons. The van der Waals surface area contributed by atoms with Crippen LogP contribution in [0.4, 0.5) is 0 Å². The molecule has 0 radical (unpaired) electrons. The summed E-state index contributed by atoms with van der Waals surface area (Å²) in [6, 6.07) is 8.58. The van der Waals surface area contributed by atoms with Gasteiger partial charge in [-0.2, -0.15) is 0 Å². The Morgan fingerprint density at radius 1 is 1.29 bits per heavy atom. The molecule has 0 bridgehead atoms. The van der Waals surface area contributed by atoms with Gasteiger partial charge in [-0.05, 0) is 37.6 Å². The number of methoxy groups -OCH3 is 1. The van der Waals surface area contributed by atoms with E-state index in [9.17, 15) is 0 Å². The largest absolute Gasteiger partial charge is 0.497 e. The van der Waals surface area contributed by atoms with Crippen LogP contribution in [-0.4, -0.2) is 29.6 Å². The molecule has 1 heterocycles. The number of hydrogen-bond donors (Lipinski definition) is 1. The predicted octanol–water partition coefficient (Wildman–Crippen LogP) is 3.69. The maximum Gasteiger partial charge on any atom is 0.174 e. The van der Waals surface area contributed by atoms with Crippen molar-refractivity contribution in [3.63, 3.8) is 0 Å². The molecule has 0 saturated heterocycles. The number of thioether (sulfide) groups is 1. The molecule has 0 aliphatic carbocycles. The van der Waals surface area contributed by atoms with E-state index in [1.807, 2.05) is 19.1 Å². The highest BCUT2D eigenvalue weighted by molar-refractivity contribution is 8.01. The van der Waals surface area contributed by atoms with Gasteiger partial charge in [0.2, 0.25) is 0 Å². The molecule has 21 heavy (non-hydrogen) atoms. The maximum atomic E-state index is 5.22. The quantitative estimate of drug-likeness (QED) is 0.751. The highest BCUT2D eigenvalue weighted by Crippen LogP contribution is 2.27. The van der Waals surface area contributed by atoms with Gasteiger partial charge < -0.3 is 10.1 Å². The van der Waals surface area contributed by atoms with Crippen molar-refractivity contribution >= 4 is 23.1 Å². The molecule has 1 aromatic carbocycles. The number of benzene rings is 1. The lowest BCUT2D eigenvalue weighted by Crippen LogP contribution is -2.24. The van der Waals surface area contributed by atoms with Crippen molar-refractivity contribution in [1.82, 2.24) is 15.5 Å². The second-order valence-electron chi connectivity index (χ2n) is 4.68. The number of nitrogens with zero attached hydrogens (tertiary/aromatic N) is 2. The summed E-state index contributed by atoms with van der Waals surface area (Å²) in [5.41, 5.74) is 1.28. The minimum atomic E-state index is 0.310. The number of rotatable bonds is 8. The minimum absolute atomic E-state index is 0.310. The first-order valence-corrected chi connectivity index (χ1v) is 8.83. The zero-order chi connectivity index (χ0) is 15.1. The topological polar surface area (TPSA) is 47.0 Å². The zero-order valence-corrected chi connectivity index (χ0v) is 14.3. The van der Waals surface area contributed by atoms with Gasteiger partial charge in [-0.15, -0.1) is 10.2 Å². The lowest BCUT2D eigenvalue weighted by molar-refractivity contribution is 0.414. The van der Waals surface area contributed by atoms with E-state index < -0.39 is 0 Å². The first-order valence-electron chi connectivity index (χ1n) is 7.03. The third-order valence-electron chi connectivity index (χ3n) is 3.04. The van der Waals surface area contributed by atoms with E-state index in [1.54, 1.807) is 30.2 Å². The molecule has 2 rings (SSSR count). The number of hydrogen-bond acceptors (Lipinski definition) is 6. The van der Waals surface area contributed by atoms with Gasteiger partial charge in [0.25, 0.3) is 0 Å². The molecule has 0 amide bonds. The third kappa shape index (κ3) is 4.98. The Morgan fingerprint density at radius 2 is 2.05 bits per heavy atom. The lowest BCUT2D eigenvalue weighted by Gasteiger charge is -2.18. The second kappa shape index (κ2) is 8.36.